The van der Waals surface area contributed by atoms with Crippen LogP contribution in [0, 0.1) is 6.92 Å². The summed E-state index contributed by atoms with van der Waals surface area (Å²) in [4.78, 5) is 19.1. The minimum absolute atomic E-state index is 0.123. The molecule has 2 aromatic carbocycles. The molecule has 0 fully saturated rings. The predicted octanol–water partition coefficient (Wildman–Crippen LogP) is 3.48. The standard InChI is InChI=1S/C20H19N3O3S/c1-15-21-12-14-22(15)13-6-11-20(24)23-16-7-2-4-9-18(16)27(25,26)19-10-5-3-8-17(19)23/h2-5,7-10,12,14H,6,11,13H2,1H3. The van der Waals surface area contributed by atoms with E-state index in [0.29, 0.717) is 30.8 Å². The van der Waals surface area contributed by atoms with Gasteiger partial charge in [-0.25, -0.2) is 13.4 Å². The number of hydrogen-bond donors (Lipinski definition) is 0. The number of hydrogen-bond acceptors (Lipinski definition) is 4. The van der Waals surface area contributed by atoms with E-state index in [-0.39, 0.29) is 15.7 Å². The molecular weight excluding hydrogens is 362 g/mol. The molecular formula is C20H19N3O3S. The summed E-state index contributed by atoms with van der Waals surface area (Å²) in [6.45, 7) is 2.61. The molecule has 0 atom stereocenters. The van der Waals surface area contributed by atoms with Gasteiger partial charge in [-0.3, -0.25) is 9.69 Å². The highest BCUT2D eigenvalue weighted by Gasteiger charge is 2.36. The number of fused-ring (bicyclic) bond motifs is 2. The summed E-state index contributed by atoms with van der Waals surface area (Å²) in [6, 6.07) is 13.3. The van der Waals surface area contributed by atoms with E-state index in [9.17, 15) is 13.2 Å². The Balaban J connectivity index is 1.66. The first-order valence-electron chi connectivity index (χ1n) is 8.74. The van der Waals surface area contributed by atoms with Gasteiger partial charge in [0.05, 0.1) is 21.2 Å². The lowest BCUT2D eigenvalue weighted by molar-refractivity contribution is -0.118. The predicted molar refractivity (Wildman–Crippen MR) is 102 cm³/mol. The third-order valence-electron chi connectivity index (χ3n) is 4.75. The molecule has 0 saturated heterocycles. The number of amides is 1. The third-order valence-corrected chi connectivity index (χ3v) is 6.60. The van der Waals surface area contributed by atoms with Crippen LogP contribution >= 0.6 is 0 Å². The number of rotatable bonds is 4. The van der Waals surface area contributed by atoms with Crippen molar-refractivity contribution in [2.24, 2.45) is 0 Å². The maximum Gasteiger partial charge on any atom is 0.231 e. The maximum absolute atomic E-state index is 13.1. The van der Waals surface area contributed by atoms with E-state index < -0.39 is 9.84 Å². The number of carbonyl (C=O) groups is 1. The first-order valence-corrected chi connectivity index (χ1v) is 10.2. The van der Waals surface area contributed by atoms with E-state index in [1.807, 2.05) is 17.7 Å². The van der Waals surface area contributed by atoms with Crippen molar-refractivity contribution in [3.05, 3.63) is 66.7 Å². The second-order valence-corrected chi connectivity index (χ2v) is 8.33. The summed E-state index contributed by atoms with van der Waals surface area (Å²) in [5.41, 5.74) is 0.833. The Morgan fingerprint density at radius 3 is 2.15 bits per heavy atom. The summed E-state index contributed by atoms with van der Waals surface area (Å²) in [6.07, 6.45) is 4.57. The van der Waals surface area contributed by atoms with Crippen molar-refractivity contribution in [2.45, 2.75) is 36.1 Å². The molecule has 0 aliphatic carbocycles. The molecule has 3 aromatic rings. The van der Waals surface area contributed by atoms with Crippen molar-refractivity contribution in [2.75, 3.05) is 4.90 Å². The van der Waals surface area contributed by atoms with Crippen LogP contribution in [0.4, 0.5) is 11.4 Å². The van der Waals surface area contributed by atoms with Gasteiger partial charge in [0.15, 0.2) is 0 Å². The van der Waals surface area contributed by atoms with E-state index in [1.54, 1.807) is 54.7 Å². The van der Waals surface area contributed by atoms with E-state index in [1.165, 1.54) is 4.90 Å². The molecule has 0 N–H and O–H groups in total. The number of para-hydroxylation sites is 2. The molecule has 0 saturated carbocycles. The highest BCUT2D eigenvalue weighted by molar-refractivity contribution is 7.92. The van der Waals surface area contributed by atoms with Gasteiger partial charge in [-0.05, 0) is 37.6 Å². The van der Waals surface area contributed by atoms with E-state index >= 15 is 0 Å². The van der Waals surface area contributed by atoms with Crippen LogP contribution in [0.25, 0.3) is 0 Å². The fourth-order valence-electron chi connectivity index (χ4n) is 3.41. The second kappa shape index (κ2) is 6.66. The highest BCUT2D eigenvalue weighted by Crippen LogP contribution is 2.44. The summed E-state index contributed by atoms with van der Waals surface area (Å²) in [5, 5.41) is 0. The Hall–Kier alpha value is -2.93. The van der Waals surface area contributed by atoms with Gasteiger partial charge in [-0.1, -0.05) is 24.3 Å². The molecule has 2 heterocycles. The van der Waals surface area contributed by atoms with Crippen molar-refractivity contribution < 1.29 is 13.2 Å². The topological polar surface area (TPSA) is 72.3 Å². The Morgan fingerprint density at radius 2 is 1.59 bits per heavy atom. The van der Waals surface area contributed by atoms with Crippen LogP contribution in [-0.4, -0.2) is 23.9 Å². The second-order valence-electron chi connectivity index (χ2n) is 6.44. The van der Waals surface area contributed by atoms with E-state index in [4.69, 9.17) is 0 Å². The smallest absolute Gasteiger partial charge is 0.231 e. The van der Waals surface area contributed by atoms with Gasteiger partial charge >= 0.3 is 0 Å². The lowest BCUT2D eigenvalue weighted by atomic mass is 10.2. The molecule has 1 aliphatic rings. The Bertz CT molecular complexity index is 1070. The Morgan fingerprint density at radius 1 is 1.00 bits per heavy atom. The van der Waals surface area contributed by atoms with Crippen molar-refractivity contribution in [1.82, 2.24) is 9.55 Å². The largest absolute Gasteiger partial charge is 0.335 e. The zero-order valence-corrected chi connectivity index (χ0v) is 15.7. The Labute approximate surface area is 158 Å². The summed E-state index contributed by atoms with van der Waals surface area (Å²) < 4.78 is 27.8. The SMILES string of the molecule is Cc1nccn1CCCC(=O)N1c2ccccc2S(=O)(=O)c2ccccc21. The normalized spacial score (nSPS) is 14.5. The summed E-state index contributed by atoms with van der Waals surface area (Å²) in [5.74, 6) is 0.782. The van der Waals surface area contributed by atoms with Crippen LogP contribution in [0.2, 0.25) is 0 Å². The fourth-order valence-corrected chi connectivity index (χ4v) is 5.03. The lowest BCUT2D eigenvalue weighted by Crippen LogP contribution is -2.31. The number of imidazole rings is 1. The number of aryl methyl sites for hydroxylation is 2. The van der Waals surface area contributed by atoms with Crippen LogP contribution in [0.5, 0.6) is 0 Å². The molecule has 4 rings (SSSR count). The molecule has 0 radical (unpaired) electrons. The minimum Gasteiger partial charge on any atom is -0.335 e. The van der Waals surface area contributed by atoms with Gasteiger partial charge in [0.2, 0.25) is 15.7 Å². The van der Waals surface area contributed by atoms with Crippen LogP contribution < -0.4 is 4.90 Å². The van der Waals surface area contributed by atoms with Crippen molar-refractivity contribution >= 4 is 27.1 Å². The third kappa shape index (κ3) is 2.94. The molecule has 1 aromatic heterocycles. The van der Waals surface area contributed by atoms with Crippen LogP contribution in [0.1, 0.15) is 18.7 Å². The molecule has 0 bridgehead atoms. The zero-order valence-electron chi connectivity index (χ0n) is 14.9. The first kappa shape index (κ1) is 17.5. The monoisotopic (exact) mass is 381 g/mol. The van der Waals surface area contributed by atoms with Crippen LogP contribution in [-0.2, 0) is 21.2 Å². The van der Waals surface area contributed by atoms with Gasteiger partial charge < -0.3 is 4.57 Å². The molecule has 0 unspecified atom stereocenters. The average molecular weight is 381 g/mol. The first-order chi connectivity index (χ1) is 13.0. The van der Waals surface area contributed by atoms with Gasteiger partial charge in [-0.2, -0.15) is 0 Å². The molecule has 1 aliphatic heterocycles. The quantitative estimate of drug-likeness (QED) is 0.694. The van der Waals surface area contributed by atoms with Crippen molar-refractivity contribution in [3.63, 3.8) is 0 Å². The number of aromatic nitrogens is 2. The van der Waals surface area contributed by atoms with E-state index in [2.05, 4.69) is 4.98 Å². The maximum atomic E-state index is 13.1. The molecule has 0 spiro atoms. The molecule has 138 valence electrons. The van der Waals surface area contributed by atoms with Crippen molar-refractivity contribution in [1.29, 1.82) is 0 Å². The van der Waals surface area contributed by atoms with Gasteiger partial charge in [0.1, 0.15) is 5.82 Å². The summed E-state index contributed by atoms with van der Waals surface area (Å²) in [7, 11) is -3.64. The fraction of sp³-hybridized carbons (Fsp3) is 0.200. The minimum atomic E-state index is -3.64. The summed E-state index contributed by atoms with van der Waals surface area (Å²) >= 11 is 0. The number of sulfone groups is 1. The van der Waals surface area contributed by atoms with Gasteiger partial charge in [0, 0.05) is 25.4 Å². The van der Waals surface area contributed by atoms with Gasteiger partial charge in [0.25, 0.3) is 0 Å². The average Bonchev–Trinajstić information content (AvgIpc) is 3.07. The Kier molecular flexibility index (Phi) is 4.31. The highest BCUT2D eigenvalue weighted by atomic mass is 32.2. The zero-order chi connectivity index (χ0) is 19.0. The molecule has 1 amide bonds. The number of anilines is 2. The van der Waals surface area contributed by atoms with Crippen LogP contribution in [0.3, 0.4) is 0 Å². The molecule has 27 heavy (non-hydrogen) atoms. The number of carbonyl (C=O) groups excluding carboxylic acids is 1. The van der Waals surface area contributed by atoms with Crippen molar-refractivity contribution in [3.8, 4) is 0 Å². The van der Waals surface area contributed by atoms with Crippen LogP contribution in [0.15, 0.2) is 70.7 Å². The molecule has 6 nitrogen and oxygen atoms in total. The van der Waals surface area contributed by atoms with Gasteiger partial charge in [-0.15, -0.1) is 0 Å². The van der Waals surface area contributed by atoms with E-state index in [0.717, 1.165) is 5.82 Å². The number of benzene rings is 2. The number of nitrogens with zero attached hydrogens (tertiary/aromatic N) is 3. The molecule has 7 heteroatoms. The lowest BCUT2D eigenvalue weighted by Gasteiger charge is -2.31.